The topological polar surface area (TPSA) is 0 Å². The first-order chi connectivity index (χ1) is 5.41. The van der Waals surface area contributed by atoms with Crippen LogP contribution in [0.5, 0.6) is 0 Å². The molecule has 1 radical (unpaired) electrons. The van der Waals surface area contributed by atoms with Crippen LogP contribution in [0.4, 0.5) is 0 Å². The van der Waals surface area contributed by atoms with Crippen molar-refractivity contribution in [3.05, 3.63) is 19.1 Å². The van der Waals surface area contributed by atoms with Crippen LogP contribution in [0.15, 0.2) is 12.7 Å². The minimum atomic E-state index is 1.15. The lowest BCUT2D eigenvalue weighted by Gasteiger charge is -1.97. The molecule has 11 heavy (non-hydrogen) atoms. The van der Waals surface area contributed by atoms with Crippen molar-refractivity contribution in [1.29, 1.82) is 0 Å². The van der Waals surface area contributed by atoms with Crippen molar-refractivity contribution < 1.29 is 0 Å². The number of hydrogen-bond donors (Lipinski definition) is 0. The summed E-state index contributed by atoms with van der Waals surface area (Å²) in [6.45, 7) is 5.94. The molecule has 0 heteroatoms. The van der Waals surface area contributed by atoms with E-state index in [9.17, 15) is 0 Å². The predicted molar refractivity (Wildman–Crippen MR) is 52.5 cm³/mol. The van der Waals surface area contributed by atoms with Gasteiger partial charge in [-0.15, -0.1) is 6.58 Å². The van der Waals surface area contributed by atoms with Crippen molar-refractivity contribution in [2.24, 2.45) is 0 Å². The molecule has 65 valence electrons. The highest BCUT2D eigenvalue weighted by Gasteiger charge is 1.88. The summed E-state index contributed by atoms with van der Waals surface area (Å²) in [7, 11) is 0. The number of unbranched alkanes of at least 4 members (excludes halogenated alkanes) is 7. The molecular formula is C11H21. The molecule has 0 atom stereocenters. The SMILES string of the molecule is C=CCC[CH]CCCCCC. The molecule has 0 bridgehead atoms. The van der Waals surface area contributed by atoms with Crippen LogP contribution in [-0.2, 0) is 0 Å². The Balaban J connectivity index is 2.74. The van der Waals surface area contributed by atoms with Gasteiger partial charge < -0.3 is 0 Å². The molecule has 0 N–H and O–H groups in total. The van der Waals surface area contributed by atoms with Gasteiger partial charge in [0.05, 0.1) is 0 Å². The Labute approximate surface area is 71.7 Å². The smallest absolute Gasteiger partial charge is 0.0351 e. The summed E-state index contributed by atoms with van der Waals surface area (Å²) in [5.41, 5.74) is 0. The van der Waals surface area contributed by atoms with E-state index < -0.39 is 0 Å². The lowest BCUT2D eigenvalue weighted by atomic mass is 10.1. The zero-order chi connectivity index (χ0) is 8.36. The van der Waals surface area contributed by atoms with Gasteiger partial charge >= 0.3 is 0 Å². The average molecular weight is 153 g/mol. The Morgan fingerprint density at radius 3 is 2.45 bits per heavy atom. The van der Waals surface area contributed by atoms with Crippen molar-refractivity contribution in [3.8, 4) is 0 Å². The lowest BCUT2D eigenvalue weighted by Crippen LogP contribution is -1.79. The predicted octanol–water partition coefficient (Wildman–Crippen LogP) is 4.13. The van der Waals surface area contributed by atoms with Gasteiger partial charge in [-0.2, -0.15) is 0 Å². The minimum Gasteiger partial charge on any atom is -0.103 e. The van der Waals surface area contributed by atoms with Gasteiger partial charge in [0, 0.05) is 0 Å². The molecule has 0 aliphatic rings. The van der Waals surface area contributed by atoms with E-state index in [1.54, 1.807) is 0 Å². The van der Waals surface area contributed by atoms with Gasteiger partial charge in [-0.3, -0.25) is 0 Å². The van der Waals surface area contributed by atoms with E-state index in [1.807, 2.05) is 6.08 Å². The fourth-order valence-electron chi connectivity index (χ4n) is 1.10. The van der Waals surface area contributed by atoms with E-state index in [4.69, 9.17) is 0 Å². The van der Waals surface area contributed by atoms with Crippen LogP contribution < -0.4 is 0 Å². The minimum absolute atomic E-state index is 1.15. The molecule has 0 amide bonds. The van der Waals surface area contributed by atoms with Crippen LogP contribution >= 0.6 is 0 Å². The third kappa shape index (κ3) is 9.74. The van der Waals surface area contributed by atoms with Gasteiger partial charge in [-0.1, -0.05) is 45.1 Å². The molecule has 0 nitrogen and oxygen atoms in total. The molecule has 0 aliphatic heterocycles. The molecule has 0 aromatic carbocycles. The fraction of sp³-hybridized carbons (Fsp3) is 0.727. The highest BCUT2D eigenvalue weighted by atomic mass is 13.9. The molecule has 0 saturated heterocycles. The van der Waals surface area contributed by atoms with Gasteiger partial charge in [0.1, 0.15) is 0 Å². The van der Waals surface area contributed by atoms with Gasteiger partial charge in [0.25, 0.3) is 0 Å². The zero-order valence-corrected chi connectivity index (χ0v) is 7.81. The monoisotopic (exact) mass is 153 g/mol. The summed E-state index contributed by atoms with van der Waals surface area (Å²) in [6.07, 6.45) is 13.6. The van der Waals surface area contributed by atoms with Crippen LogP contribution in [0.25, 0.3) is 0 Å². The maximum absolute atomic E-state index is 3.69. The second-order valence-electron chi connectivity index (χ2n) is 3.00. The summed E-state index contributed by atoms with van der Waals surface area (Å²) in [6, 6.07) is 0. The molecular weight excluding hydrogens is 132 g/mol. The Morgan fingerprint density at radius 1 is 1.00 bits per heavy atom. The van der Waals surface area contributed by atoms with Crippen LogP contribution in [0.1, 0.15) is 51.9 Å². The van der Waals surface area contributed by atoms with Gasteiger partial charge in [-0.25, -0.2) is 0 Å². The first kappa shape index (κ1) is 10.7. The molecule has 0 fully saturated rings. The van der Waals surface area contributed by atoms with Crippen LogP contribution in [0.2, 0.25) is 0 Å². The van der Waals surface area contributed by atoms with Gasteiger partial charge in [0.2, 0.25) is 0 Å². The Kier molecular flexibility index (Phi) is 9.51. The van der Waals surface area contributed by atoms with Crippen molar-refractivity contribution in [1.82, 2.24) is 0 Å². The molecule has 0 aliphatic carbocycles. The van der Waals surface area contributed by atoms with Crippen LogP contribution in [0.3, 0.4) is 0 Å². The second-order valence-corrected chi connectivity index (χ2v) is 3.00. The maximum Gasteiger partial charge on any atom is -0.0351 e. The van der Waals surface area contributed by atoms with Crippen LogP contribution in [0, 0.1) is 6.42 Å². The summed E-state index contributed by atoms with van der Waals surface area (Å²) >= 11 is 0. The maximum atomic E-state index is 3.69. The first-order valence-electron chi connectivity index (χ1n) is 4.84. The molecule has 0 rings (SSSR count). The van der Waals surface area contributed by atoms with Crippen molar-refractivity contribution in [3.63, 3.8) is 0 Å². The molecule has 0 aromatic heterocycles. The fourth-order valence-corrected chi connectivity index (χ4v) is 1.10. The Hall–Kier alpha value is -0.260. The molecule has 0 heterocycles. The Bertz CT molecular complexity index is 74.1. The molecule has 0 aromatic rings. The quantitative estimate of drug-likeness (QED) is 0.363. The lowest BCUT2D eigenvalue weighted by molar-refractivity contribution is 0.652. The second kappa shape index (κ2) is 9.74. The third-order valence-electron chi connectivity index (χ3n) is 1.84. The summed E-state index contributed by atoms with van der Waals surface area (Å²) in [4.78, 5) is 0. The summed E-state index contributed by atoms with van der Waals surface area (Å²) in [5.74, 6) is 0. The van der Waals surface area contributed by atoms with E-state index in [-0.39, 0.29) is 0 Å². The van der Waals surface area contributed by atoms with Gasteiger partial charge in [-0.05, 0) is 19.3 Å². The standard InChI is InChI=1S/C11H21/c1-3-5-7-9-11-10-8-6-4-2/h3,9H,1,4-8,10-11H2,2H3. The van der Waals surface area contributed by atoms with Crippen molar-refractivity contribution in [2.75, 3.05) is 0 Å². The summed E-state index contributed by atoms with van der Waals surface area (Å²) < 4.78 is 0. The largest absolute Gasteiger partial charge is 0.103 e. The normalized spacial score (nSPS) is 9.91. The number of hydrogen-bond acceptors (Lipinski definition) is 0. The highest BCUT2D eigenvalue weighted by Crippen LogP contribution is 2.07. The summed E-state index contributed by atoms with van der Waals surface area (Å²) in [5, 5.41) is 0. The highest BCUT2D eigenvalue weighted by molar-refractivity contribution is 4.73. The van der Waals surface area contributed by atoms with E-state index in [1.165, 1.54) is 38.5 Å². The van der Waals surface area contributed by atoms with E-state index in [2.05, 4.69) is 19.9 Å². The molecule has 0 saturated carbocycles. The Morgan fingerprint density at radius 2 is 1.82 bits per heavy atom. The van der Waals surface area contributed by atoms with Crippen LogP contribution in [-0.4, -0.2) is 0 Å². The van der Waals surface area contributed by atoms with Gasteiger partial charge in [0.15, 0.2) is 0 Å². The zero-order valence-electron chi connectivity index (χ0n) is 7.81. The van der Waals surface area contributed by atoms with E-state index in [0.717, 1.165) is 6.42 Å². The average Bonchev–Trinajstić information content (AvgIpc) is 2.03. The number of allylic oxidation sites excluding steroid dienone is 1. The van der Waals surface area contributed by atoms with E-state index >= 15 is 0 Å². The first-order valence-corrected chi connectivity index (χ1v) is 4.84. The molecule has 0 unspecified atom stereocenters. The van der Waals surface area contributed by atoms with Crippen molar-refractivity contribution >= 4 is 0 Å². The van der Waals surface area contributed by atoms with E-state index in [0.29, 0.717) is 0 Å². The van der Waals surface area contributed by atoms with Crippen molar-refractivity contribution in [2.45, 2.75) is 51.9 Å². The number of rotatable bonds is 8. The third-order valence-corrected chi connectivity index (χ3v) is 1.84. The molecule has 0 spiro atoms.